The second kappa shape index (κ2) is 6.93. The van der Waals surface area contributed by atoms with Gasteiger partial charge in [-0.15, -0.1) is 0 Å². The van der Waals surface area contributed by atoms with Gasteiger partial charge in [0.2, 0.25) is 0 Å². The van der Waals surface area contributed by atoms with E-state index in [0.717, 1.165) is 25.3 Å². The van der Waals surface area contributed by atoms with Gasteiger partial charge in [-0.1, -0.05) is 24.3 Å². The number of carbonyl (C=O) groups is 2. The molecule has 0 unspecified atom stereocenters. The third kappa shape index (κ3) is 3.63. The van der Waals surface area contributed by atoms with E-state index >= 15 is 0 Å². The van der Waals surface area contributed by atoms with Crippen molar-refractivity contribution in [1.82, 2.24) is 4.90 Å². The highest BCUT2D eigenvalue weighted by atomic mass is 19.1. The van der Waals surface area contributed by atoms with Crippen molar-refractivity contribution in [2.75, 3.05) is 12.4 Å². The topological polar surface area (TPSA) is 75.4 Å². The van der Waals surface area contributed by atoms with Gasteiger partial charge in [-0.05, 0) is 48.6 Å². The summed E-state index contributed by atoms with van der Waals surface area (Å²) in [6.07, 6.45) is 2.62. The van der Waals surface area contributed by atoms with Crippen molar-refractivity contribution in [2.24, 2.45) is 5.73 Å². The third-order valence-electron chi connectivity index (χ3n) is 4.67. The molecule has 0 bridgehead atoms. The average molecular weight is 341 g/mol. The zero-order valence-corrected chi connectivity index (χ0v) is 14.0. The molecule has 3 amide bonds. The molecule has 1 atom stereocenters. The Hall–Kier alpha value is -2.89. The zero-order valence-electron chi connectivity index (χ0n) is 14.0. The van der Waals surface area contributed by atoms with Gasteiger partial charge in [0.1, 0.15) is 5.82 Å². The number of aryl methyl sites for hydroxylation is 1. The number of hydrogen-bond acceptors (Lipinski definition) is 2. The number of benzene rings is 2. The van der Waals surface area contributed by atoms with Crippen LogP contribution in [0.5, 0.6) is 0 Å². The molecule has 0 spiro atoms. The maximum absolute atomic E-state index is 13.5. The number of amides is 3. The molecule has 2 aromatic rings. The molecule has 0 saturated carbocycles. The van der Waals surface area contributed by atoms with E-state index in [-0.39, 0.29) is 17.6 Å². The minimum Gasteiger partial charge on any atom is -0.366 e. The predicted molar refractivity (Wildman–Crippen MR) is 94.0 cm³/mol. The summed E-state index contributed by atoms with van der Waals surface area (Å²) in [5, 5.41) is 2.70. The van der Waals surface area contributed by atoms with Gasteiger partial charge in [0.05, 0.1) is 5.56 Å². The molecule has 3 N–H and O–H groups in total. The number of anilines is 1. The van der Waals surface area contributed by atoms with E-state index in [4.69, 9.17) is 5.73 Å². The SMILES string of the molecule is CN(C(=O)Nc1ccc(F)c(C(N)=O)c1)[C@H]1CCc2ccccc2C1. The lowest BCUT2D eigenvalue weighted by atomic mass is 9.88. The standard InChI is InChI=1S/C19H20FN3O2/c1-23(15-8-6-12-4-2-3-5-13(12)10-15)19(25)22-14-7-9-17(20)16(11-14)18(21)24/h2-5,7,9,11,15H,6,8,10H2,1H3,(H2,21,24)(H,22,25)/t15-/m0/s1. The quantitative estimate of drug-likeness (QED) is 0.900. The van der Waals surface area contributed by atoms with E-state index in [1.165, 1.54) is 23.3 Å². The van der Waals surface area contributed by atoms with Gasteiger partial charge < -0.3 is 16.0 Å². The lowest BCUT2D eigenvalue weighted by molar-refractivity contribution is 0.0996. The van der Waals surface area contributed by atoms with E-state index < -0.39 is 11.7 Å². The molecular weight excluding hydrogens is 321 g/mol. The van der Waals surface area contributed by atoms with Gasteiger partial charge >= 0.3 is 6.03 Å². The van der Waals surface area contributed by atoms with Gasteiger partial charge in [-0.25, -0.2) is 9.18 Å². The van der Waals surface area contributed by atoms with Gasteiger partial charge in [0.25, 0.3) is 5.91 Å². The molecule has 6 heteroatoms. The second-order valence-electron chi connectivity index (χ2n) is 6.27. The lowest BCUT2D eigenvalue weighted by Crippen LogP contribution is -2.42. The van der Waals surface area contributed by atoms with E-state index in [0.29, 0.717) is 5.69 Å². The van der Waals surface area contributed by atoms with E-state index in [1.54, 1.807) is 11.9 Å². The number of rotatable bonds is 3. The van der Waals surface area contributed by atoms with Crippen LogP contribution >= 0.6 is 0 Å². The first-order valence-corrected chi connectivity index (χ1v) is 8.15. The van der Waals surface area contributed by atoms with Crippen LogP contribution in [-0.2, 0) is 12.8 Å². The van der Waals surface area contributed by atoms with Gasteiger partial charge in [-0.2, -0.15) is 0 Å². The van der Waals surface area contributed by atoms with Crippen molar-refractivity contribution in [3.8, 4) is 0 Å². The third-order valence-corrected chi connectivity index (χ3v) is 4.67. The van der Waals surface area contributed by atoms with Gasteiger partial charge in [0, 0.05) is 18.8 Å². The van der Waals surface area contributed by atoms with Crippen molar-refractivity contribution in [3.63, 3.8) is 0 Å². The summed E-state index contributed by atoms with van der Waals surface area (Å²) in [7, 11) is 1.74. The first-order chi connectivity index (χ1) is 12.0. The van der Waals surface area contributed by atoms with Crippen molar-refractivity contribution in [2.45, 2.75) is 25.3 Å². The molecule has 0 aromatic heterocycles. The van der Waals surface area contributed by atoms with E-state index in [2.05, 4.69) is 17.4 Å². The van der Waals surface area contributed by atoms with Crippen LogP contribution in [0.25, 0.3) is 0 Å². The molecule has 1 aliphatic rings. The van der Waals surface area contributed by atoms with Crippen LogP contribution in [0.3, 0.4) is 0 Å². The molecule has 1 aliphatic carbocycles. The monoisotopic (exact) mass is 341 g/mol. The van der Waals surface area contributed by atoms with Gasteiger partial charge in [-0.3, -0.25) is 4.79 Å². The van der Waals surface area contributed by atoms with Crippen molar-refractivity contribution in [3.05, 3.63) is 65.0 Å². The van der Waals surface area contributed by atoms with E-state index in [9.17, 15) is 14.0 Å². The zero-order chi connectivity index (χ0) is 18.0. The Morgan fingerprint density at radius 3 is 2.64 bits per heavy atom. The van der Waals surface area contributed by atoms with Crippen molar-refractivity contribution in [1.29, 1.82) is 0 Å². The number of nitrogens with one attached hydrogen (secondary N) is 1. The molecule has 0 radical (unpaired) electrons. The first-order valence-electron chi connectivity index (χ1n) is 8.15. The van der Waals surface area contributed by atoms with Crippen molar-refractivity contribution < 1.29 is 14.0 Å². The minimum atomic E-state index is -0.870. The molecule has 0 fully saturated rings. The van der Waals surface area contributed by atoms with Crippen LogP contribution in [0, 0.1) is 5.82 Å². The Balaban J connectivity index is 1.69. The summed E-state index contributed by atoms with van der Waals surface area (Å²) in [6.45, 7) is 0. The normalized spacial score (nSPS) is 16.0. The number of fused-ring (bicyclic) bond motifs is 1. The summed E-state index contributed by atoms with van der Waals surface area (Å²) in [6, 6.07) is 11.8. The number of hydrogen-bond donors (Lipinski definition) is 2. The maximum atomic E-state index is 13.5. The lowest BCUT2D eigenvalue weighted by Gasteiger charge is -2.32. The molecule has 2 aromatic carbocycles. The molecule has 0 saturated heterocycles. The predicted octanol–water partition coefficient (Wildman–Crippen LogP) is 2.95. The van der Waals surface area contributed by atoms with Gasteiger partial charge in [0.15, 0.2) is 0 Å². The highest BCUT2D eigenvalue weighted by Crippen LogP contribution is 2.24. The number of primary amides is 1. The van der Waals surface area contributed by atoms with Crippen molar-refractivity contribution >= 4 is 17.6 Å². The minimum absolute atomic E-state index is 0.0889. The molecule has 3 rings (SSSR count). The summed E-state index contributed by atoms with van der Waals surface area (Å²) in [5.74, 6) is -1.58. The molecular formula is C19H20FN3O2. The molecule has 25 heavy (non-hydrogen) atoms. The molecule has 0 aliphatic heterocycles. The maximum Gasteiger partial charge on any atom is 0.321 e. The van der Waals surface area contributed by atoms with Crippen LogP contribution in [0.1, 0.15) is 27.9 Å². The average Bonchev–Trinajstić information content (AvgIpc) is 2.62. The van der Waals surface area contributed by atoms with Crippen LogP contribution in [0.4, 0.5) is 14.9 Å². The Morgan fingerprint density at radius 2 is 1.92 bits per heavy atom. The molecule has 5 nitrogen and oxygen atoms in total. The fraction of sp³-hybridized carbons (Fsp3) is 0.263. The highest BCUT2D eigenvalue weighted by molar-refractivity contribution is 5.96. The molecule has 130 valence electrons. The fourth-order valence-corrected chi connectivity index (χ4v) is 3.18. The van der Waals surface area contributed by atoms with Crippen LogP contribution < -0.4 is 11.1 Å². The van der Waals surface area contributed by atoms with Crippen LogP contribution in [0.2, 0.25) is 0 Å². The Bertz CT molecular complexity index is 822. The Kier molecular flexibility index (Phi) is 4.70. The number of halogens is 1. The number of nitrogens with two attached hydrogens (primary N) is 1. The second-order valence-corrected chi connectivity index (χ2v) is 6.27. The summed E-state index contributed by atoms with van der Waals surface area (Å²) in [5.41, 5.74) is 7.82. The van der Waals surface area contributed by atoms with E-state index in [1.807, 2.05) is 12.1 Å². The summed E-state index contributed by atoms with van der Waals surface area (Å²) < 4.78 is 13.5. The Labute approximate surface area is 145 Å². The fourth-order valence-electron chi connectivity index (χ4n) is 3.18. The van der Waals surface area contributed by atoms with Crippen LogP contribution in [0.15, 0.2) is 42.5 Å². The summed E-state index contributed by atoms with van der Waals surface area (Å²) in [4.78, 5) is 25.4. The Morgan fingerprint density at radius 1 is 1.20 bits per heavy atom. The highest BCUT2D eigenvalue weighted by Gasteiger charge is 2.25. The summed E-state index contributed by atoms with van der Waals surface area (Å²) >= 11 is 0. The first kappa shape index (κ1) is 17.0. The number of urea groups is 1. The van der Waals surface area contributed by atoms with Crippen LogP contribution in [-0.4, -0.2) is 29.9 Å². The smallest absolute Gasteiger partial charge is 0.321 e. The molecule has 0 heterocycles. The largest absolute Gasteiger partial charge is 0.366 e. The number of likely N-dealkylation sites (N-methyl/N-ethyl adjacent to an activating group) is 1. The number of carbonyl (C=O) groups excluding carboxylic acids is 2. The number of nitrogens with zero attached hydrogens (tertiary/aromatic N) is 1.